The monoisotopic (exact) mass is 278 g/mol. The maximum Gasteiger partial charge on any atom is 0.254 e. The van der Waals surface area contributed by atoms with Crippen molar-refractivity contribution in [3.63, 3.8) is 0 Å². The number of benzene rings is 1. The van der Waals surface area contributed by atoms with Gasteiger partial charge in [0.05, 0.1) is 5.56 Å². The Balaban J connectivity index is 1.88. The molecule has 1 saturated heterocycles. The molecule has 0 saturated carbocycles. The van der Waals surface area contributed by atoms with Crippen LogP contribution in [0.25, 0.3) is 0 Å². The van der Waals surface area contributed by atoms with E-state index in [0.717, 1.165) is 25.1 Å². The molecule has 0 bridgehead atoms. The SMILES string of the molecule is Cc1ccc(F)c(C(=O)NCC2CCN(C(C)C)C2)c1. The Kier molecular flexibility index (Phi) is 4.76. The predicted octanol–water partition coefficient (Wildman–Crippen LogP) is 2.59. The van der Waals surface area contributed by atoms with Crippen molar-refractivity contribution < 1.29 is 9.18 Å². The van der Waals surface area contributed by atoms with Gasteiger partial charge in [-0.2, -0.15) is 0 Å². The van der Waals surface area contributed by atoms with E-state index < -0.39 is 5.82 Å². The van der Waals surface area contributed by atoms with Gasteiger partial charge >= 0.3 is 0 Å². The van der Waals surface area contributed by atoms with Crippen LogP contribution < -0.4 is 5.32 Å². The molecule has 0 radical (unpaired) electrons. The van der Waals surface area contributed by atoms with E-state index in [4.69, 9.17) is 0 Å². The summed E-state index contributed by atoms with van der Waals surface area (Å²) in [5.74, 6) is -0.299. The van der Waals surface area contributed by atoms with Crippen LogP contribution in [0, 0.1) is 18.7 Å². The van der Waals surface area contributed by atoms with Gasteiger partial charge in [-0.1, -0.05) is 11.6 Å². The molecule has 0 aromatic heterocycles. The van der Waals surface area contributed by atoms with Crippen molar-refractivity contribution in [2.45, 2.75) is 33.2 Å². The molecule has 1 atom stereocenters. The summed E-state index contributed by atoms with van der Waals surface area (Å²) in [6.45, 7) is 8.93. The maximum atomic E-state index is 13.6. The molecule has 1 amide bonds. The Morgan fingerprint density at radius 3 is 2.90 bits per heavy atom. The molecule has 1 aliphatic heterocycles. The standard InChI is InChI=1S/C16H23FN2O/c1-11(2)19-7-6-13(10-19)9-18-16(20)14-8-12(3)4-5-15(14)17/h4-5,8,11,13H,6-7,9-10H2,1-3H3,(H,18,20). The van der Waals surface area contributed by atoms with E-state index in [0.29, 0.717) is 18.5 Å². The van der Waals surface area contributed by atoms with Gasteiger partial charge in [0.15, 0.2) is 0 Å². The molecule has 20 heavy (non-hydrogen) atoms. The fraction of sp³-hybridized carbons (Fsp3) is 0.562. The number of carbonyl (C=O) groups is 1. The molecule has 1 N–H and O–H groups in total. The summed E-state index contributed by atoms with van der Waals surface area (Å²) in [4.78, 5) is 14.4. The number of hydrogen-bond donors (Lipinski definition) is 1. The van der Waals surface area contributed by atoms with Crippen LogP contribution in [0.3, 0.4) is 0 Å². The highest BCUT2D eigenvalue weighted by Crippen LogP contribution is 2.18. The normalized spacial score (nSPS) is 19.6. The zero-order chi connectivity index (χ0) is 14.7. The van der Waals surface area contributed by atoms with Crippen molar-refractivity contribution in [2.24, 2.45) is 5.92 Å². The Morgan fingerprint density at radius 1 is 1.50 bits per heavy atom. The average molecular weight is 278 g/mol. The number of nitrogens with one attached hydrogen (secondary N) is 1. The third-order valence-corrected chi connectivity index (χ3v) is 3.97. The molecular formula is C16H23FN2O. The lowest BCUT2D eigenvalue weighted by Crippen LogP contribution is -2.33. The Morgan fingerprint density at radius 2 is 2.25 bits per heavy atom. The Labute approximate surface area is 120 Å². The van der Waals surface area contributed by atoms with Gasteiger partial charge in [0.1, 0.15) is 5.82 Å². The molecule has 1 aromatic rings. The van der Waals surface area contributed by atoms with Gasteiger partial charge < -0.3 is 10.2 Å². The first-order valence-corrected chi connectivity index (χ1v) is 7.25. The van der Waals surface area contributed by atoms with Crippen LogP contribution in [0.4, 0.5) is 4.39 Å². The van der Waals surface area contributed by atoms with Gasteiger partial charge in [0.25, 0.3) is 5.91 Å². The van der Waals surface area contributed by atoms with Gasteiger partial charge in [0.2, 0.25) is 0 Å². The van der Waals surface area contributed by atoms with Crippen LogP contribution in [0.15, 0.2) is 18.2 Å². The van der Waals surface area contributed by atoms with Crippen LogP contribution in [0.1, 0.15) is 36.2 Å². The second kappa shape index (κ2) is 6.35. The van der Waals surface area contributed by atoms with E-state index in [1.165, 1.54) is 6.07 Å². The highest BCUT2D eigenvalue weighted by molar-refractivity contribution is 5.94. The van der Waals surface area contributed by atoms with Crippen LogP contribution in [0.5, 0.6) is 0 Å². The summed E-state index contributed by atoms with van der Waals surface area (Å²) in [6, 6.07) is 5.16. The molecule has 1 fully saturated rings. The van der Waals surface area contributed by atoms with Gasteiger partial charge in [0, 0.05) is 19.1 Å². The van der Waals surface area contributed by atoms with E-state index in [1.807, 2.05) is 6.92 Å². The molecule has 3 nitrogen and oxygen atoms in total. The lowest BCUT2D eigenvalue weighted by molar-refractivity contribution is 0.0943. The number of aryl methyl sites for hydroxylation is 1. The summed E-state index contributed by atoms with van der Waals surface area (Å²) in [5, 5.41) is 2.86. The van der Waals surface area contributed by atoms with E-state index in [1.54, 1.807) is 12.1 Å². The number of nitrogens with zero attached hydrogens (tertiary/aromatic N) is 1. The summed E-state index contributed by atoms with van der Waals surface area (Å²) < 4.78 is 13.6. The first kappa shape index (κ1) is 15.0. The molecule has 0 aliphatic carbocycles. The Hall–Kier alpha value is -1.42. The highest BCUT2D eigenvalue weighted by Gasteiger charge is 2.24. The fourth-order valence-corrected chi connectivity index (χ4v) is 2.64. The molecule has 1 heterocycles. The highest BCUT2D eigenvalue weighted by atomic mass is 19.1. The van der Waals surface area contributed by atoms with Crippen LogP contribution in [-0.2, 0) is 0 Å². The molecule has 1 aromatic carbocycles. The second-order valence-corrected chi connectivity index (χ2v) is 5.94. The predicted molar refractivity (Wildman–Crippen MR) is 78.3 cm³/mol. The van der Waals surface area contributed by atoms with E-state index in [2.05, 4.69) is 24.1 Å². The van der Waals surface area contributed by atoms with Crippen LogP contribution in [-0.4, -0.2) is 36.5 Å². The largest absolute Gasteiger partial charge is 0.352 e. The van der Waals surface area contributed by atoms with Gasteiger partial charge in [-0.05, 0) is 51.8 Å². The quantitative estimate of drug-likeness (QED) is 0.918. The fourth-order valence-electron chi connectivity index (χ4n) is 2.64. The number of likely N-dealkylation sites (tertiary alicyclic amines) is 1. The Bertz CT molecular complexity index is 487. The summed E-state index contributed by atoms with van der Waals surface area (Å²) in [7, 11) is 0. The third kappa shape index (κ3) is 3.57. The molecule has 110 valence electrons. The van der Waals surface area contributed by atoms with Gasteiger partial charge in [-0.25, -0.2) is 4.39 Å². The number of rotatable bonds is 4. The van der Waals surface area contributed by atoms with Gasteiger partial charge in [-0.15, -0.1) is 0 Å². The third-order valence-electron chi connectivity index (χ3n) is 3.97. The lowest BCUT2D eigenvalue weighted by Gasteiger charge is -2.20. The molecule has 1 aliphatic rings. The van der Waals surface area contributed by atoms with Crippen LogP contribution in [0.2, 0.25) is 0 Å². The number of halogens is 1. The minimum atomic E-state index is -0.455. The molecule has 0 spiro atoms. The molecule has 4 heteroatoms. The molecule has 1 unspecified atom stereocenters. The van der Waals surface area contributed by atoms with Gasteiger partial charge in [-0.3, -0.25) is 4.79 Å². The van der Waals surface area contributed by atoms with Crippen molar-refractivity contribution in [3.8, 4) is 0 Å². The number of hydrogen-bond acceptors (Lipinski definition) is 2. The molecule has 2 rings (SSSR count). The van der Waals surface area contributed by atoms with E-state index in [9.17, 15) is 9.18 Å². The first-order valence-electron chi connectivity index (χ1n) is 7.25. The maximum absolute atomic E-state index is 13.6. The van der Waals surface area contributed by atoms with Crippen LogP contribution >= 0.6 is 0 Å². The van der Waals surface area contributed by atoms with Crippen molar-refractivity contribution in [1.29, 1.82) is 0 Å². The zero-order valence-electron chi connectivity index (χ0n) is 12.4. The summed E-state index contributed by atoms with van der Waals surface area (Å²) >= 11 is 0. The zero-order valence-corrected chi connectivity index (χ0v) is 12.4. The number of carbonyl (C=O) groups excluding carboxylic acids is 1. The first-order chi connectivity index (χ1) is 9.47. The lowest BCUT2D eigenvalue weighted by atomic mass is 10.1. The van der Waals surface area contributed by atoms with Crippen molar-refractivity contribution in [2.75, 3.05) is 19.6 Å². The summed E-state index contributed by atoms with van der Waals surface area (Å²) in [6.07, 6.45) is 1.09. The average Bonchev–Trinajstić information content (AvgIpc) is 2.88. The second-order valence-electron chi connectivity index (χ2n) is 5.94. The van der Waals surface area contributed by atoms with Crippen molar-refractivity contribution in [3.05, 3.63) is 35.1 Å². The summed E-state index contributed by atoms with van der Waals surface area (Å²) in [5.41, 5.74) is 1.03. The topological polar surface area (TPSA) is 32.3 Å². The van der Waals surface area contributed by atoms with Crippen molar-refractivity contribution >= 4 is 5.91 Å². The minimum absolute atomic E-state index is 0.142. The minimum Gasteiger partial charge on any atom is -0.352 e. The van der Waals surface area contributed by atoms with E-state index in [-0.39, 0.29) is 11.5 Å². The van der Waals surface area contributed by atoms with Crippen molar-refractivity contribution in [1.82, 2.24) is 10.2 Å². The molecular weight excluding hydrogens is 255 g/mol. The number of amides is 1. The van der Waals surface area contributed by atoms with E-state index >= 15 is 0 Å². The smallest absolute Gasteiger partial charge is 0.254 e.